The molecule has 4 aliphatic carbocycles. The molecule has 4 aliphatic rings. The first-order valence-electron chi connectivity index (χ1n) is 11.6. The van der Waals surface area contributed by atoms with Gasteiger partial charge in [-0.3, -0.25) is 19.2 Å². The summed E-state index contributed by atoms with van der Waals surface area (Å²) in [6.07, 6.45) is 4.07. The molecule has 4 saturated carbocycles. The number of pyridine rings is 1. The van der Waals surface area contributed by atoms with Crippen molar-refractivity contribution in [1.29, 1.82) is 0 Å². The maximum atomic E-state index is 13.1. The van der Waals surface area contributed by atoms with E-state index in [1.165, 1.54) is 0 Å². The van der Waals surface area contributed by atoms with Crippen molar-refractivity contribution in [3.63, 3.8) is 0 Å². The quantitative estimate of drug-likeness (QED) is 0.698. The normalized spacial score (nSPS) is 35.9. The van der Waals surface area contributed by atoms with Crippen LogP contribution in [0.15, 0.2) is 18.2 Å². The molecule has 2 amide bonds. The van der Waals surface area contributed by atoms with Crippen LogP contribution in [-0.2, 0) is 19.2 Å². The van der Waals surface area contributed by atoms with Gasteiger partial charge in [-0.15, -0.1) is 0 Å². The average molecular weight is 438 g/mol. The van der Waals surface area contributed by atoms with E-state index in [2.05, 4.69) is 15.6 Å². The molecular weight excluding hydrogens is 406 g/mol. The Bertz CT molecular complexity index is 982. The predicted molar refractivity (Wildman–Crippen MR) is 119 cm³/mol. The summed E-state index contributed by atoms with van der Waals surface area (Å²) >= 11 is 0. The molecule has 0 radical (unpaired) electrons. The largest absolute Gasteiger partial charge is 0.310 e. The number of nitrogens with one attached hydrogen (secondary N) is 2. The van der Waals surface area contributed by atoms with E-state index in [1.807, 2.05) is 27.7 Å². The molecule has 1 aromatic rings. The fourth-order valence-electron chi connectivity index (χ4n) is 7.00. The van der Waals surface area contributed by atoms with Crippen LogP contribution < -0.4 is 10.6 Å². The maximum Gasteiger partial charge on any atom is 0.239 e. The third-order valence-corrected chi connectivity index (χ3v) is 9.21. The number of hydrogen-bond acceptors (Lipinski definition) is 5. The summed E-state index contributed by atoms with van der Waals surface area (Å²) in [6, 6.07) is 4.99. The van der Waals surface area contributed by atoms with Crippen LogP contribution in [0.2, 0.25) is 0 Å². The van der Waals surface area contributed by atoms with Crippen LogP contribution in [0.3, 0.4) is 0 Å². The lowest BCUT2D eigenvalue weighted by atomic mass is 9.70. The van der Waals surface area contributed by atoms with Gasteiger partial charge in [0.2, 0.25) is 11.8 Å². The van der Waals surface area contributed by atoms with Crippen LogP contribution >= 0.6 is 0 Å². The second-order valence-corrected chi connectivity index (χ2v) is 11.5. The summed E-state index contributed by atoms with van der Waals surface area (Å²) in [7, 11) is 0. The van der Waals surface area contributed by atoms with Crippen molar-refractivity contribution in [1.82, 2.24) is 4.98 Å². The first kappa shape index (κ1) is 21.3. The lowest BCUT2D eigenvalue weighted by molar-refractivity contribution is -0.143. The SMILES string of the molecule is CC1(C)C(=O)[C@]2(C(=O)Nc3cccc(NC(=O)[C@@]45CC[C@@H](C4)C(C)(C)C5=O)n3)CC[C@H]1C2. The highest BCUT2D eigenvalue weighted by atomic mass is 16.2. The number of Topliss-reactive ketones (excluding diaryl/α,β-unsaturated/α-hetero) is 2. The van der Waals surface area contributed by atoms with E-state index < -0.39 is 21.7 Å². The summed E-state index contributed by atoms with van der Waals surface area (Å²) in [5.41, 5.74) is -2.90. The zero-order valence-electron chi connectivity index (χ0n) is 19.2. The van der Waals surface area contributed by atoms with E-state index >= 15 is 0 Å². The third-order valence-electron chi connectivity index (χ3n) is 9.21. The Hall–Kier alpha value is -2.57. The molecule has 5 rings (SSSR count). The van der Waals surface area contributed by atoms with Gasteiger partial charge in [-0.05, 0) is 62.5 Å². The van der Waals surface area contributed by atoms with Gasteiger partial charge >= 0.3 is 0 Å². The number of carbonyl (C=O) groups is 4. The molecule has 1 aromatic heterocycles. The van der Waals surface area contributed by atoms with E-state index in [-0.39, 0.29) is 35.2 Å². The third kappa shape index (κ3) is 2.63. The summed E-state index contributed by atoms with van der Waals surface area (Å²) < 4.78 is 0. The second kappa shape index (κ2) is 6.49. The van der Waals surface area contributed by atoms with Gasteiger partial charge in [-0.1, -0.05) is 33.8 Å². The average Bonchev–Trinajstić information content (AvgIpc) is 3.46. The standard InChI is InChI=1S/C25H31N3O4/c1-22(2)14-8-10-24(12-14,18(22)29)20(31)27-16-6-5-7-17(26-16)28-21(32)25-11-9-15(13-25)23(3,4)19(25)30/h5-7,14-15H,8-13H2,1-4H3,(H2,26,27,28,31,32)/t14-,15-,24-,25-/m0/s1. The first-order valence-corrected chi connectivity index (χ1v) is 11.6. The molecule has 0 spiro atoms. The lowest BCUT2D eigenvalue weighted by Gasteiger charge is -2.32. The molecule has 1 heterocycles. The second-order valence-electron chi connectivity index (χ2n) is 11.5. The maximum absolute atomic E-state index is 13.1. The Balaban J connectivity index is 1.32. The number of fused-ring (bicyclic) bond motifs is 4. The van der Waals surface area contributed by atoms with E-state index in [4.69, 9.17) is 0 Å². The highest BCUT2D eigenvalue weighted by Crippen LogP contribution is 2.61. The van der Waals surface area contributed by atoms with Crippen LogP contribution in [0.4, 0.5) is 11.6 Å². The van der Waals surface area contributed by atoms with Crippen molar-refractivity contribution in [3.8, 4) is 0 Å². The Kier molecular flexibility index (Phi) is 4.31. The van der Waals surface area contributed by atoms with Gasteiger partial charge in [0.25, 0.3) is 0 Å². The molecule has 32 heavy (non-hydrogen) atoms. The van der Waals surface area contributed by atoms with Crippen LogP contribution in [0.25, 0.3) is 0 Å². The van der Waals surface area contributed by atoms with Gasteiger partial charge in [0.1, 0.15) is 22.5 Å². The smallest absolute Gasteiger partial charge is 0.239 e. The monoisotopic (exact) mass is 437 g/mol. The molecule has 7 heteroatoms. The number of rotatable bonds is 4. The Labute approximate surface area is 188 Å². The number of hydrogen-bond donors (Lipinski definition) is 2. The molecule has 0 saturated heterocycles. The zero-order chi connectivity index (χ0) is 23.1. The minimum Gasteiger partial charge on any atom is -0.310 e. The topological polar surface area (TPSA) is 105 Å². The Morgan fingerprint density at radius 2 is 1.22 bits per heavy atom. The highest BCUT2D eigenvalue weighted by Gasteiger charge is 2.66. The van der Waals surface area contributed by atoms with E-state index in [1.54, 1.807) is 18.2 Å². The molecule has 170 valence electrons. The van der Waals surface area contributed by atoms with Crippen molar-refractivity contribution in [2.45, 2.75) is 66.2 Å². The minimum absolute atomic E-state index is 0.0143. The van der Waals surface area contributed by atoms with Crippen molar-refractivity contribution < 1.29 is 19.2 Å². The van der Waals surface area contributed by atoms with Gasteiger partial charge in [0.15, 0.2) is 11.6 Å². The van der Waals surface area contributed by atoms with Crippen LogP contribution in [-0.4, -0.2) is 28.4 Å². The molecular formula is C25H31N3O4. The first-order chi connectivity index (χ1) is 14.9. The number of carbonyl (C=O) groups excluding carboxylic acids is 4. The number of nitrogens with zero attached hydrogens (tertiary/aromatic N) is 1. The van der Waals surface area contributed by atoms with Gasteiger partial charge in [0.05, 0.1) is 0 Å². The molecule has 4 atom stereocenters. The Morgan fingerprint density at radius 3 is 1.56 bits per heavy atom. The number of amides is 2. The summed E-state index contributed by atoms with van der Waals surface area (Å²) in [5.74, 6) is 0.476. The van der Waals surface area contributed by atoms with Crippen molar-refractivity contribution >= 4 is 35.0 Å². The Morgan fingerprint density at radius 1 is 0.812 bits per heavy atom. The molecule has 0 unspecified atom stereocenters. The molecule has 4 bridgehead atoms. The molecule has 4 fully saturated rings. The molecule has 7 nitrogen and oxygen atoms in total. The summed E-state index contributed by atoms with van der Waals surface area (Å²) in [4.78, 5) is 56.7. The predicted octanol–water partition coefficient (Wildman–Crippen LogP) is 3.75. The minimum atomic E-state index is -0.977. The fourth-order valence-corrected chi connectivity index (χ4v) is 7.00. The van der Waals surface area contributed by atoms with Crippen LogP contribution in [0, 0.1) is 33.5 Å². The van der Waals surface area contributed by atoms with Crippen molar-refractivity contribution in [3.05, 3.63) is 18.2 Å². The van der Waals surface area contributed by atoms with Crippen molar-refractivity contribution in [2.24, 2.45) is 33.5 Å². The summed E-state index contributed by atoms with van der Waals surface area (Å²) in [5, 5.41) is 5.64. The van der Waals surface area contributed by atoms with E-state index in [0.29, 0.717) is 37.3 Å². The van der Waals surface area contributed by atoms with Crippen LogP contribution in [0.5, 0.6) is 0 Å². The number of aromatic nitrogens is 1. The van der Waals surface area contributed by atoms with Gasteiger partial charge in [-0.25, -0.2) is 4.98 Å². The lowest BCUT2D eigenvalue weighted by Crippen LogP contribution is -2.45. The molecule has 2 N–H and O–H groups in total. The fraction of sp³-hybridized carbons (Fsp3) is 0.640. The highest BCUT2D eigenvalue weighted by molar-refractivity contribution is 6.16. The van der Waals surface area contributed by atoms with Crippen LogP contribution in [0.1, 0.15) is 66.2 Å². The van der Waals surface area contributed by atoms with Gasteiger partial charge in [0, 0.05) is 10.8 Å². The van der Waals surface area contributed by atoms with Crippen molar-refractivity contribution in [2.75, 3.05) is 10.6 Å². The molecule has 0 aromatic carbocycles. The number of ketones is 2. The molecule has 0 aliphatic heterocycles. The van der Waals surface area contributed by atoms with Gasteiger partial charge in [-0.2, -0.15) is 0 Å². The van der Waals surface area contributed by atoms with E-state index in [9.17, 15) is 19.2 Å². The van der Waals surface area contributed by atoms with Gasteiger partial charge < -0.3 is 10.6 Å². The zero-order valence-corrected chi connectivity index (χ0v) is 19.2. The van der Waals surface area contributed by atoms with E-state index in [0.717, 1.165) is 12.8 Å². The summed E-state index contributed by atoms with van der Waals surface area (Å²) in [6.45, 7) is 7.73. The number of anilines is 2.